The quantitative estimate of drug-likeness (QED) is 0.776. The first-order chi connectivity index (χ1) is 8.79. The highest BCUT2D eigenvalue weighted by atomic mass is 32.1. The molecule has 0 aliphatic carbocycles. The first-order valence-electron chi connectivity index (χ1n) is 5.86. The number of rotatable bonds is 7. The van der Waals surface area contributed by atoms with Gasteiger partial charge in [-0.1, -0.05) is 0 Å². The second kappa shape index (κ2) is 6.63. The van der Waals surface area contributed by atoms with E-state index in [1.807, 2.05) is 6.92 Å². The molecule has 0 aliphatic rings. The Morgan fingerprint density at radius 2 is 2.28 bits per heavy atom. The molecule has 0 unspecified atom stereocenters. The van der Waals surface area contributed by atoms with E-state index in [4.69, 9.17) is 9.15 Å². The van der Waals surface area contributed by atoms with Gasteiger partial charge in [0.2, 0.25) is 0 Å². The lowest BCUT2D eigenvalue weighted by molar-refractivity contribution is 0.199. The van der Waals surface area contributed by atoms with Gasteiger partial charge in [-0.15, -0.1) is 11.3 Å². The van der Waals surface area contributed by atoms with Crippen molar-refractivity contribution in [1.82, 2.24) is 15.3 Å². The highest BCUT2D eigenvalue weighted by Crippen LogP contribution is 2.22. The van der Waals surface area contributed by atoms with Gasteiger partial charge in [-0.2, -0.15) is 0 Å². The number of aryl methyl sites for hydroxylation is 1. The molecule has 0 saturated carbocycles. The molecule has 0 aromatic carbocycles. The summed E-state index contributed by atoms with van der Waals surface area (Å²) in [5.41, 5.74) is 1.90. The Kier molecular flexibility index (Phi) is 4.86. The minimum absolute atomic E-state index is 0.669. The molecular formula is C12H17N3O2S. The third kappa shape index (κ3) is 3.63. The second-order valence-corrected chi connectivity index (χ2v) is 4.75. The van der Waals surface area contributed by atoms with Gasteiger partial charge in [0.25, 0.3) is 0 Å². The molecule has 18 heavy (non-hydrogen) atoms. The van der Waals surface area contributed by atoms with E-state index in [1.165, 1.54) is 0 Å². The normalized spacial score (nSPS) is 11.0. The number of nitrogens with one attached hydrogen (secondary N) is 1. The van der Waals surface area contributed by atoms with Crippen LogP contribution in [0.3, 0.4) is 0 Å². The lowest BCUT2D eigenvalue weighted by Gasteiger charge is -2.01. The summed E-state index contributed by atoms with van der Waals surface area (Å²) < 4.78 is 10.1. The largest absolute Gasteiger partial charge is 0.449 e. The molecule has 2 aromatic heterocycles. The fourth-order valence-electron chi connectivity index (χ4n) is 1.52. The summed E-state index contributed by atoms with van der Waals surface area (Å²) in [4.78, 5) is 8.80. The standard InChI is InChI=1S/C12H17N3O2S/c1-9-14-11(7-17-9)12-15-10(8-18-12)3-4-13-5-6-16-2/h7-8,13H,3-6H2,1-2H3. The maximum absolute atomic E-state index is 5.18. The lowest BCUT2D eigenvalue weighted by atomic mass is 10.3. The van der Waals surface area contributed by atoms with E-state index in [0.717, 1.165) is 42.5 Å². The summed E-state index contributed by atoms with van der Waals surface area (Å²) in [6.07, 6.45) is 2.56. The van der Waals surface area contributed by atoms with Crippen molar-refractivity contribution in [2.75, 3.05) is 26.8 Å². The highest BCUT2D eigenvalue weighted by Gasteiger charge is 2.08. The van der Waals surface area contributed by atoms with E-state index in [9.17, 15) is 0 Å². The molecule has 0 fully saturated rings. The molecule has 0 atom stereocenters. The minimum atomic E-state index is 0.669. The number of thiazole rings is 1. The number of aromatic nitrogens is 2. The zero-order valence-corrected chi connectivity index (χ0v) is 11.4. The molecule has 5 nitrogen and oxygen atoms in total. The van der Waals surface area contributed by atoms with Crippen LogP contribution in [0.5, 0.6) is 0 Å². The molecular weight excluding hydrogens is 250 g/mol. The smallest absolute Gasteiger partial charge is 0.191 e. The van der Waals surface area contributed by atoms with Crippen molar-refractivity contribution < 1.29 is 9.15 Å². The van der Waals surface area contributed by atoms with E-state index in [1.54, 1.807) is 24.7 Å². The Hall–Kier alpha value is -1.24. The number of hydrogen-bond acceptors (Lipinski definition) is 6. The number of ether oxygens (including phenoxy) is 1. The van der Waals surface area contributed by atoms with E-state index < -0.39 is 0 Å². The molecule has 1 N–H and O–H groups in total. The monoisotopic (exact) mass is 267 g/mol. The third-order valence-corrected chi connectivity index (χ3v) is 3.34. The molecule has 0 bridgehead atoms. The summed E-state index contributed by atoms with van der Waals surface area (Å²) in [6.45, 7) is 4.35. The molecule has 2 rings (SSSR count). The minimum Gasteiger partial charge on any atom is -0.449 e. The van der Waals surface area contributed by atoms with Gasteiger partial charge in [-0.05, 0) is 0 Å². The van der Waals surface area contributed by atoms with Crippen molar-refractivity contribution >= 4 is 11.3 Å². The zero-order chi connectivity index (χ0) is 12.8. The fraction of sp³-hybridized carbons (Fsp3) is 0.500. The average molecular weight is 267 g/mol. The molecule has 2 heterocycles. The fourth-order valence-corrected chi connectivity index (χ4v) is 2.32. The molecule has 0 spiro atoms. The van der Waals surface area contributed by atoms with Crippen LogP contribution < -0.4 is 5.32 Å². The van der Waals surface area contributed by atoms with Crippen molar-refractivity contribution in [3.63, 3.8) is 0 Å². The van der Waals surface area contributed by atoms with Gasteiger partial charge in [0.05, 0.1) is 12.3 Å². The molecule has 2 aromatic rings. The Balaban J connectivity index is 1.83. The Labute approximate surface area is 110 Å². The molecule has 0 saturated heterocycles. The average Bonchev–Trinajstić information content (AvgIpc) is 2.97. The molecule has 0 amide bonds. The van der Waals surface area contributed by atoms with Crippen LogP contribution >= 0.6 is 11.3 Å². The number of methoxy groups -OCH3 is 1. The topological polar surface area (TPSA) is 60.2 Å². The summed E-state index contributed by atoms with van der Waals surface area (Å²) in [5, 5.41) is 6.28. The first-order valence-corrected chi connectivity index (χ1v) is 6.74. The molecule has 98 valence electrons. The van der Waals surface area contributed by atoms with Crippen LogP contribution in [0.1, 0.15) is 11.6 Å². The van der Waals surface area contributed by atoms with Gasteiger partial charge >= 0.3 is 0 Å². The van der Waals surface area contributed by atoms with E-state index in [0.29, 0.717) is 5.89 Å². The van der Waals surface area contributed by atoms with Crippen LogP contribution in [-0.2, 0) is 11.2 Å². The van der Waals surface area contributed by atoms with E-state index >= 15 is 0 Å². The van der Waals surface area contributed by atoms with Crippen LogP contribution in [-0.4, -0.2) is 36.8 Å². The third-order valence-electron chi connectivity index (χ3n) is 2.43. The molecule has 0 radical (unpaired) electrons. The Morgan fingerprint density at radius 3 is 3.00 bits per heavy atom. The van der Waals surface area contributed by atoms with Crippen LogP contribution in [0.2, 0.25) is 0 Å². The summed E-state index contributed by atoms with van der Waals surface area (Å²) in [6, 6.07) is 0. The maximum atomic E-state index is 5.18. The number of nitrogens with zero attached hydrogens (tertiary/aromatic N) is 2. The zero-order valence-electron chi connectivity index (χ0n) is 10.6. The van der Waals surface area contributed by atoms with Gasteiger partial charge in [-0.3, -0.25) is 0 Å². The highest BCUT2D eigenvalue weighted by molar-refractivity contribution is 7.13. The van der Waals surface area contributed by atoms with Crippen molar-refractivity contribution in [2.24, 2.45) is 0 Å². The van der Waals surface area contributed by atoms with Crippen LogP contribution in [0.25, 0.3) is 10.7 Å². The van der Waals surface area contributed by atoms with Crippen LogP contribution in [0.4, 0.5) is 0 Å². The predicted molar refractivity (Wildman–Crippen MR) is 70.8 cm³/mol. The summed E-state index contributed by atoms with van der Waals surface area (Å²) in [5.74, 6) is 0.669. The second-order valence-electron chi connectivity index (χ2n) is 3.89. The number of oxazole rings is 1. The van der Waals surface area contributed by atoms with Crippen molar-refractivity contribution in [2.45, 2.75) is 13.3 Å². The Morgan fingerprint density at radius 1 is 1.39 bits per heavy atom. The summed E-state index contributed by atoms with van der Waals surface area (Å²) >= 11 is 1.60. The van der Waals surface area contributed by atoms with Crippen LogP contribution in [0.15, 0.2) is 16.1 Å². The van der Waals surface area contributed by atoms with Gasteiger partial charge in [-0.25, -0.2) is 9.97 Å². The SMILES string of the molecule is COCCNCCc1csc(-c2coc(C)n2)n1. The number of hydrogen-bond donors (Lipinski definition) is 1. The van der Waals surface area contributed by atoms with Gasteiger partial charge < -0.3 is 14.5 Å². The maximum Gasteiger partial charge on any atom is 0.191 e. The molecule has 6 heteroatoms. The summed E-state index contributed by atoms with van der Waals surface area (Å²) in [7, 11) is 1.70. The van der Waals surface area contributed by atoms with Gasteiger partial charge in [0, 0.05) is 38.9 Å². The van der Waals surface area contributed by atoms with Crippen molar-refractivity contribution in [3.05, 3.63) is 23.2 Å². The first kappa shape index (κ1) is 13.2. The van der Waals surface area contributed by atoms with E-state index in [-0.39, 0.29) is 0 Å². The van der Waals surface area contributed by atoms with Gasteiger partial charge in [0.15, 0.2) is 5.89 Å². The lowest BCUT2D eigenvalue weighted by Crippen LogP contribution is -2.21. The van der Waals surface area contributed by atoms with Crippen molar-refractivity contribution in [1.29, 1.82) is 0 Å². The Bertz CT molecular complexity index is 481. The van der Waals surface area contributed by atoms with Gasteiger partial charge in [0.1, 0.15) is 17.0 Å². The van der Waals surface area contributed by atoms with Crippen LogP contribution in [0, 0.1) is 6.92 Å². The molecule has 0 aliphatic heterocycles. The van der Waals surface area contributed by atoms with E-state index in [2.05, 4.69) is 20.7 Å². The van der Waals surface area contributed by atoms with Crippen molar-refractivity contribution in [3.8, 4) is 10.7 Å². The predicted octanol–water partition coefficient (Wildman–Crippen LogP) is 1.89.